The van der Waals surface area contributed by atoms with E-state index in [1.54, 1.807) is 13.2 Å². The van der Waals surface area contributed by atoms with Crippen LogP contribution in [-0.4, -0.2) is 19.5 Å². The van der Waals surface area contributed by atoms with Crippen molar-refractivity contribution in [2.75, 3.05) is 7.11 Å². The third-order valence-corrected chi connectivity index (χ3v) is 3.99. The predicted molar refractivity (Wildman–Crippen MR) is 75.0 cm³/mol. The first-order valence-electron chi connectivity index (χ1n) is 7.08. The van der Waals surface area contributed by atoms with Crippen LogP contribution in [0, 0.1) is 5.92 Å². The first-order chi connectivity index (χ1) is 9.28. The summed E-state index contributed by atoms with van der Waals surface area (Å²) < 4.78 is 11.2. The predicted octanol–water partition coefficient (Wildman–Crippen LogP) is 3.86. The number of hydrogen-bond donors (Lipinski definition) is 0. The fraction of sp³-hybridized carbons (Fsp3) is 0.562. The molecule has 0 heterocycles. The Morgan fingerprint density at radius 2 is 2.11 bits per heavy atom. The molecular formula is C16H22O3. The number of benzene rings is 1. The molecule has 0 spiro atoms. The van der Waals surface area contributed by atoms with Gasteiger partial charge in [0.05, 0.1) is 12.7 Å². The van der Waals surface area contributed by atoms with E-state index in [2.05, 4.69) is 6.92 Å². The van der Waals surface area contributed by atoms with Crippen molar-refractivity contribution >= 4 is 6.29 Å². The van der Waals surface area contributed by atoms with Crippen molar-refractivity contribution in [1.82, 2.24) is 0 Å². The van der Waals surface area contributed by atoms with E-state index in [0.717, 1.165) is 19.1 Å². The van der Waals surface area contributed by atoms with Crippen molar-refractivity contribution in [3.8, 4) is 11.5 Å². The van der Waals surface area contributed by atoms with Gasteiger partial charge < -0.3 is 9.47 Å². The van der Waals surface area contributed by atoms with E-state index in [1.807, 2.05) is 12.1 Å². The average molecular weight is 262 g/mol. The molecule has 2 rings (SSSR count). The van der Waals surface area contributed by atoms with Gasteiger partial charge in [-0.2, -0.15) is 0 Å². The van der Waals surface area contributed by atoms with E-state index in [1.165, 1.54) is 19.3 Å². The number of hydrogen-bond acceptors (Lipinski definition) is 3. The lowest BCUT2D eigenvalue weighted by Gasteiger charge is -2.31. The highest BCUT2D eigenvalue weighted by Gasteiger charge is 2.25. The molecule has 0 aliphatic heterocycles. The molecule has 3 heteroatoms. The molecule has 0 aromatic heterocycles. The van der Waals surface area contributed by atoms with Crippen LogP contribution in [0.5, 0.6) is 11.5 Å². The maximum absolute atomic E-state index is 11.2. The van der Waals surface area contributed by atoms with Crippen LogP contribution in [-0.2, 0) is 0 Å². The molecule has 0 N–H and O–H groups in total. The minimum atomic E-state index is 0.242. The molecule has 2 atom stereocenters. The molecule has 2 unspecified atom stereocenters. The second-order valence-electron chi connectivity index (χ2n) is 5.13. The number of rotatable bonds is 5. The number of methoxy groups -OCH3 is 1. The van der Waals surface area contributed by atoms with E-state index in [-0.39, 0.29) is 6.10 Å². The molecule has 0 radical (unpaired) electrons. The van der Waals surface area contributed by atoms with Gasteiger partial charge in [-0.15, -0.1) is 0 Å². The lowest BCUT2D eigenvalue weighted by atomic mass is 9.84. The summed E-state index contributed by atoms with van der Waals surface area (Å²) in [6.45, 7) is 2.21. The van der Waals surface area contributed by atoms with Gasteiger partial charge in [-0.1, -0.05) is 13.3 Å². The zero-order chi connectivity index (χ0) is 13.7. The van der Waals surface area contributed by atoms with E-state index < -0.39 is 0 Å². The maximum atomic E-state index is 11.2. The highest BCUT2D eigenvalue weighted by Crippen LogP contribution is 2.32. The summed E-state index contributed by atoms with van der Waals surface area (Å²) in [5.41, 5.74) is 0.569. The molecule has 1 saturated carbocycles. The topological polar surface area (TPSA) is 35.5 Å². The van der Waals surface area contributed by atoms with Gasteiger partial charge in [-0.3, -0.25) is 4.79 Å². The van der Waals surface area contributed by atoms with Gasteiger partial charge in [0.25, 0.3) is 0 Å². The molecule has 0 amide bonds. The third-order valence-electron chi connectivity index (χ3n) is 3.99. The van der Waals surface area contributed by atoms with E-state index in [9.17, 15) is 4.79 Å². The van der Waals surface area contributed by atoms with Gasteiger partial charge in [0, 0.05) is 0 Å². The van der Waals surface area contributed by atoms with Crippen LogP contribution >= 0.6 is 0 Å². The Bertz CT molecular complexity index is 428. The van der Waals surface area contributed by atoms with Gasteiger partial charge >= 0.3 is 0 Å². The molecular weight excluding hydrogens is 240 g/mol. The zero-order valence-corrected chi connectivity index (χ0v) is 11.7. The van der Waals surface area contributed by atoms with Crippen LogP contribution < -0.4 is 9.47 Å². The van der Waals surface area contributed by atoms with E-state index in [4.69, 9.17) is 9.47 Å². The standard InChI is InChI=1S/C16H22O3/c1-3-12-6-4-5-7-15(12)19-16-9-8-14(18-2)10-13(16)11-17/h8-12,15H,3-7H2,1-2H3. The Kier molecular flexibility index (Phi) is 4.83. The Balaban J connectivity index is 2.15. The van der Waals surface area contributed by atoms with E-state index in [0.29, 0.717) is 23.0 Å². The van der Waals surface area contributed by atoms with Gasteiger partial charge in [-0.25, -0.2) is 0 Å². The highest BCUT2D eigenvalue weighted by atomic mass is 16.5. The van der Waals surface area contributed by atoms with Crippen molar-refractivity contribution in [2.24, 2.45) is 5.92 Å². The molecule has 1 aliphatic rings. The van der Waals surface area contributed by atoms with Crippen molar-refractivity contribution < 1.29 is 14.3 Å². The van der Waals surface area contributed by atoms with Crippen LogP contribution in [0.4, 0.5) is 0 Å². The fourth-order valence-corrected chi connectivity index (χ4v) is 2.81. The zero-order valence-electron chi connectivity index (χ0n) is 11.7. The quantitative estimate of drug-likeness (QED) is 0.756. The second-order valence-corrected chi connectivity index (χ2v) is 5.13. The molecule has 19 heavy (non-hydrogen) atoms. The van der Waals surface area contributed by atoms with Crippen LogP contribution in [0.15, 0.2) is 18.2 Å². The van der Waals surface area contributed by atoms with Gasteiger partial charge in [0.2, 0.25) is 0 Å². The Morgan fingerprint density at radius 1 is 1.32 bits per heavy atom. The van der Waals surface area contributed by atoms with Crippen LogP contribution in [0.2, 0.25) is 0 Å². The Morgan fingerprint density at radius 3 is 2.79 bits per heavy atom. The average Bonchev–Trinajstić information content (AvgIpc) is 2.48. The summed E-state index contributed by atoms with van der Waals surface area (Å²) in [5, 5.41) is 0. The minimum Gasteiger partial charge on any atom is -0.497 e. The summed E-state index contributed by atoms with van der Waals surface area (Å²) in [5.74, 6) is 1.97. The number of aldehydes is 1. The number of ether oxygens (including phenoxy) is 2. The molecule has 0 bridgehead atoms. The molecule has 1 aromatic carbocycles. The maximum Gasteiger partial charge on any atom is 0.153 e. The molecule has 3 nitrogen and oxygen atoms in total. The summed E-state index contributed by atoms with van der Waals surface area (Å²) in [6.07, 6.45) is 7.04. The van der Waals surface area contributed by atoms with Crippen molar-refractivity contribution in [3.63, 3.8) is 0 Å². The SMILES string of the molecule is CCC1CCCCC1Oc1ccc(OC)cc1C=O. The lowest BCUT2D eigenvalue weighted by Crippen LogP contribution is -2.30. The van der Waals surface area contributed by atoms with Crippen LogP contribution in [0.25, 0.3) is 0 Å². The Hall–Kier alpha value is -1.51. The van der Waals surface area contributed by atoms with Crippen molar-refractivity contribution in [2.45, 2.75) is 45.1 Å². The van der Waals surface area contributed by atoms with Gasteiger partial charge in [-0.05, 0) is 49.8 Å². The van der Waals surface area contributed by atoms with E-state index >= 15 is 0 Å². The second kappa shape index (κ2) is 6.60. The van der Waals surface area contributed by atoms with Crippen LogP contribution in [0.3, 0.4) is 0 Å². The smallest absolute Gasteiger partial charge is 0.153 e. The number of carbonyl (C=O) groups is 1. The van der Waals surface area contributed by atoms with Gasteiger partial charge in [0.1, 0.15) is 17.6 Å². The Labute approximate surface area is 114 Å². The van der Waals surface area contributed by atoms with Crippen molar-refractivity contribution in [3.05, 3.63) is 23.8 Å². The largest absolute Gasteiger partial charge is 0.497 e. The first kappa shape index (κ1) is 13.9. The summed E-state index contributed by atoms with van der Waals surface area (Å²) >= 11 is 0. The summed E-state index contributed by atoms with van der Waals surface area (Å²) in [6, 6.07) is 5.40. The molecule has 104 valence electrons. The minimum absolute atomic E-state index is 0.242. The fourth-order valence-electron chi connectivity index (χ4n) is 2.81. The molecule has 0 saturated heterocycles. The molecule has 1 aromatic rings. The number of carbonyl (C=O) groups excluding carboxylic acids is 1. The normalized spacial score (nSPS) is 22.8. The molecule has 1 fully saturated rings. The van der Waals surface area contributed by atoms with Crippen LogP contribution in [0.1, 0.15) is 49.4 Å². The third kappa shape index (κ3) is 3.28. The lowest BCUT2D eigenvalue weighted by molar-refractivity contribution is 0.0883. The van der Waals surface area contributed by atoms with Crippen molar-refractivity contribution in [1.29, 1.82) is 0 Å². The highest BCUT2D eigenvalue weighted by molar-refractivity contribution is 5.80. The molecule has 1 aliphatic carbocycles. The summed E-state index contributed by atoms with van der Waals surface area (Å²) in [7, 11) is 1.60. The monoisotopic (exact) mass is 262 g/mol. The van der Waals surface area contributed by atoms with Gasteiger partial charge in [0.15, 0.2) is 6.29 Å². The summed E-state index contributed by atoms with van der Waals surface area (Å²) in [4.78, 5) is 11.2. The first-order valence-corrected chi connectivity index (χ1v) is 7.08.